The molecule has 4 rings (SSSR count). The van der Waals surface area contributed by atoms with Crippen LogP contribution in [0.3, 0.4) is 0 Å². The number of benzene rings is 2. The van der Waals surface area contributed by atoms with Gasteiger partial charge >= 0.3 is 6.03 Å². The van der Waals surface area contributed by atoms with E-state index in [1.807, 2.05) is 23.1 Å². The van der Waals surface area contributed by atoms with Crippen LogP contribution >= 0.6 is 0 Å². The van der Waals surface area contributed by atoms with Crippen molar-refractivity contribution in [2.45, 2.75) is 32.2 Å². The number of carbonyl (C=O) groups excluding carboxylic acids is 1. The highest BCUT2D eigenvalue weighted by Gasteiger charge is 2.29. The van der Waals surface area contributed by atoms with Gasteiger partial charge in [-0.05, 0) is 48.1 Å². The summed E-state index contributed by atoms with van der Waals surface area (Å²) in [6.45, 7) is 5.70. The highest BCUT2D eigenvalue weighted by molar-refractivity contribution is 5.94. The predicted octanol–water partition coefficient (Wildman–Crippen LogP) is 3.73. The number of aliphatic hydroxyl groups excluding tert-OH is 1. The maximum Gasteiger partial charge on any atom is 0.322 e. The van der Waals surface area contributed by atoms with Gasteiger partial charge in [0.1, 0.15) is 0 Å². The van der Waals surface area contributed by atoms with Crippen molar-refractivity contribution in [2.75, 3.05) is 36.0 Å². The average molecular weight is 380 g/mol. The van der Waals surface area contributed by atoms with Crippen molar-refractivity contribution < 1.29 is 9.90 Å². The Morgan fingerprint density at radius 2 is 1.82 bits per heavy atom. The molecule has 0 bridgehead atoms. The van der Waals surface area contributed by atoms with Crippen LogP contribution in [0.5, 0.6) is 0 Å². The number of nitrogens with zero attached hydrogens (tertiary/aromatic N) is 2. The minimum absolute atomic E-state index is 0.0352. The maximum atomic E-state index is 12.7. The number of fused-ring (bicyclic) bond motifs is 1. The number of amides is 2. The van der Waals surface area contributed by atoms with Crippen LogP contribution in [0.2, 0.25) is 0 Å². The third-order valence-corrected chi connectivity index (χ3v) is 6.08. The molecule has 2 N–H and O–H groups in total. The Hall–Kier alpha value is -2.53. The number of hydrogen-bond donors (Lipinski definition) is 2. The number of rotatable bonds is 4. The van der Waals surface area contributed by atoms with Gasteiger partial charge in [-0.1, -0.05) is 37.3 Å². The summed E-state index contributed by atoms with van der Waals surface area (Å²) in [5, 5.41) is 12.3. The molecule has 0 aromatic heterocycles. The summed E-state index contributed by atoms with van der Waals surface area (Å²) in [4.78, 5) is 16.9. The van der Waals surface area contributed by atoms with Crippen LogP contribution in [0.1, 0.15) is 36.8 Å². The summed E-state index contributed by atoms with van der Waals surface area (Å²) in [5.41, 5.74) is 4.58. The monoisotopic (exact) mass is 379 g/mol. The molecule has 5 heteroatoms. The molecule has 2 aliphatic rings. The summed E-state index contributed by atoms with van der Waals surface area (Å²) < 4.78 is 0. The average Bonchev–Trinajstić information content (AvgIpc) is 3.09. The lowest BCUT2D eigenvalue weighted by Gasteiger charge is -2.33. The molecule has 1 unspecified atom stereocenters. The van der Waals surface area contributed by atoms with Crippen LogP contribution in [0.25, 0.3) is 0 Å². The molecule has 2 aromatic rings. The van der Waals surface area contributed by atoms with Gasteiger partial charge in [-0.25, -0.2) is 4.79 Å². The van der Waals surface area contributed by atoms with E-state index in [0.29, 0.717) is 25.0 Å². The normalized spacial score (nSPS) is 19.6. The Morgan fingerprint density at radius 1 is 1.11 bits per heavy atom. The number of piperidine rings is 1. The Labute approximate surface area is 167 Å². The molecule has 0 spiro atoms. The van der Waals surface area contributed by atoms with Gasteiger partial charge in [0.15, 0.2) is 0 Å². The van der Waals surface area contributed by atoms with E-state index in [0.717, 1.165) is 43.7 Å². The number of urea groups is 1. The molecule has 2 amide bonds. The number of carbonyl (C=O) groups is 1. The van der Waals surface area contributed by atoms with Crippen LogP contribution in [-0.4, -0.2) is 37.4 Å². The second kappa shape index (κ2) is 8.23. The molecule has 0 aliphatic carbocycles. The van der Waals surface area contributed by atoms with Gasteiger partial charge in [0.25, 0.3) is 0 Å². The van der Waals surface area contributed by atoms with Crippen molar-refractivity contribution in [2.24, 2.45) is 5.92 Å². The van der Waals surface area contributed by atoms with E-state index < -0.39 is 0 Å². The van der Waals surface area contributed by atoms with Gasteiger partial charge in [0, 0.05) is 50.1 Å². The van der Waals surface area contributed by atoms with E-state index in [1.165, 1.54) is 11.3 Å². The first kappa shape index (κ1) is 18.8. The van der Waals surface area contributed by atoms with E-state index in [2.05, 4.69) is 47.5 Å². The fraction of sp³-hybridized carbons (Fsp3) is 0.435. The first-order chi connectivity index (χ1) is 13.7. The zero-order valence-electron chi connectivity index (χ0n) is 16.5. The van der Waals surface area contributed by atoms with E-state index in [1.54, 1.807) is 0 Å². The molecule has 2 aliphatic heterocycles. The second-order valence-electron chi connectivity index (χ2n) is 8.01. The molecule has 2 aromatic carbocycles. The van der Waals surface area contributed by atoms with Crippen LogP contribution in [0.15, 0.2) is 48.5 Å². The number of nitrogens with one attached hydrogen (secondary N) is 1. The fourth-order valence-electron chi connectivity index (χ4n) is 4.28. The Kier molecular flexibility index (Phi) is 5.53. The third-order valence-electron chi connectivity index (χ3n) is 6.08. The lowest BCUT2D eigenvalue weighted by molar-refractivity contribution is 0.203. The van der Waals surface area contributed by atoms with Crippen molar-refractivity contribution in [1.82, 2.24) is 5.32 Å². The lowest BCUT2D eigenvalue weighted by Crippen LogP contribution is -2.38. The molecule has 5 nitrogen and oxygen atoms in total. The topological polar surface area (TPSA) is 55.8 Å². The van der Waals surface area contributed by atoms with E-state index in [4.69, 9.17) is 0 Å². The van der Waals surface area contributed by atoms with E-state index >= 15 is 0 Å². The SMILES string of the molecule is CC1CN(C(=O)NCc2ccc(N3CCC(CO)CC3)cc2)c2ccccc21. The quantitative estimate of drug-likeness (QED) is 0.851. The van der Waals surface area contributed by atoms with Gasteiger partial charge in [0.05, 0.1) is 0 Å². The smallest absolute Gasteiger partial charge is 0.322 e. The molecular weight excluding hydrogens is 350 g/mol. The first-order valence-corrected chi connectivity index (χ1v) is 10.2. The van der Waals surface area contributed by atoms with Crippen molar-refractivity contribution in [3.05, 3.63) is 59.7 Å². The number of para-hydroxylation sites is 1. The van der Waals surface area contributed by atoms with Crippen LogP contribution in [0, 0.1) is 5.92 Å². The fourth-order valence-corrected chi connectivity index (χ4v) is 4.28. The zero-order valence-corrected chi connectivity index (χ0v) is 16.5. The van der Waals surface area contributed by atoms with Gasteiger partial charge in [-0.15, -0.1) is 0 Å². The highest BCUT2D eigenvalue weighted by atomic mass is 16.3. The molecule has 0 radical (unpaired) electrons. The first-order valence-electron chi connectivity index (χ1n) is 10.2. The molecule has 0 saturated carbocycles. The minimum atomic E-state index is -0.0352. The van der Waals surface area contributed by atoms with Crippen LogP contribution < -0.4 is 15.1 Å². The van der Waals surface area contributed by atoms with Gasteiger partial charge in [0.2, 0.25) is 0 Å². The summed E-state index contributed by atoms with van der Waals surface area (Å²) in [7, 11) is 0. The van der Waals surface area contributed by atoms with Crippen molar-refractivity contribution >= 4 is 17.4 Å². The Morgan fingerprint density at radius 3 is 2.54 bits per heavy atom. The molecule has 1 fully saturated rings. The zero-order chi connectivity index (χ0) is 19.5. The maximum absolute atomic E-state index is 12.7. The molecule has 1 saturated heterocycles. The Bertz CT molecular complexity index is 813. The van der Waals surface area contributed by atoms with Crippen LogP contribution in [0.4, 0.5) is 16.2 Å². The number of anilines is 2. The van der Waals surface area contributed by atoms with Crippen molar-refractivity contribution in [3.8, 4) is 0 Å². The third kappa shape index (κ3) is 3.85. The summed E-state index contributed by atoms with van der Waals surface area (Å²) in [6.07, 6.45) is 2.09. The van der Waals surface area contributed by atoms with Gasteiger partial charge in [-0.2, -0.15) is 0 Å². The number of aliphatic hydroxyl groups is 1. The summed E-state index contributed by atoms with van der Waals surface area (Å²) in [6, 6.07) is 16.6. The standard InChI is InChI=1S/C23H29N3O2/c1-17-15-26(22-5-3-2-4-21(17)22)23(28)24-14-18-6-8-20(9-7-18)25-12-10-19(16-27)11-13-25/h2-9,17,19,27H,10-16H2,1H3,(H,24,28). The summed E-state index contributed by atoms with van der Waals surface area (Å²) >= 11 is 0. The number of hydrogen-bond acceptors (Lipinski definition) is 3. The predicted molar refractivity (Wildman–Crippen MR) is 113 cm³/mol. The van der Waals surface area contributed by atoms with E-state index in [-0.39, 0.29) is 6.03 Å². The van der Waals surface area contributed by atoms with Crippen LogP contribution in [-0.2, 0) is 6.54 Å². The molecule has 2 heterocycles. The van der Waals surface area contributed by atoms with Crippen molar-refractivity contribution in [1.29, 1.82) is 0 Å². The molecule has 1 atom stereocenters. The highest BCUT2D eigenvalue weighted by Crippen LogP contribution is 2.35. The van der Waals surface area contributed by atoms with Gasteiger partial charge < -0.3 is 15.3 Å². The molecule has 148 valence electrons. The summed E-state index contributed by atoms with van der Waals surface area (Å²) in [5.74, 6) is 0.820. The minimum Gasteiger partial charge on any atom is -0.396 e. The second-order valence-corrected chi connectivity index (χ2v) is 8.01. The van der Waals surface area contributed by atoms with Gasteiger partial charge in [-0.3, -0.25) is 4.90 Å². The lowest BCUT2D eigenvalue weighted by atomic mass is 9.97. The molecule has 28 heavy (non-hydrogen) atoms. The van der Waals surface area contributed by atoms with E-state index in [9.17, 15) is 9.90 Å². The Balaban J connectivity index is 1.33. The molecular formula is C23H29N3O2. The largest absolute Gasteiger partial charge is 0.396 e. The van der Waals surface area contributed by atoms with Crippen molar-refractivity contribution in [3.63, 3.8) is 0 Å².